The summed E-state index contributed by atoms with van der Waals surface area (Å²) in [4.78, 5) is 3.42. The van der Waals surface area contributed by atoms with E-state index < -0.39 is 0 Å². The summed E-state index contributed by atoms with van der Waals surface area (Å²) in [5.74, 6) is 0. The molecule has 0 N–H and O–H groups in total. The first-order valence-corrected chi connectivity index (χ1v) is 5.08. The fourth-order valence-electron chi connectivity index (χ4n) is 1.66. The molecule has 0 unspecified atom stereocenters. The monoisotopic (exact) mass is 248 g/mol. The van der Waals surface area contributed by atoms with Gasteiger partial charge in [0, 0.05) is 28.6 Å². The van der Waals surface area contributed by atoms with Gasteiger partial charge in [0.2, 0.25) is 6.54 Å². The van der Waals surface area contributed by atoms with Gasteiger partial charge in [-0.25, -0.2) is 6.57 Å². The van der Waals surface area contributed by atoms with Crippen molar-refractivity contribution in [1.29, 1.82) is 0 Å². The lowest BCUT2D eigenvalue weighted by Crippen LogP contribution is -1.82. The van der Waals surface area contributed by atoms with Crippen LogP contribution in [0.1, 0.15) is 5.56 Å². The molecule has 0 fully saturated rings. The van der Waals surface area contributed by atoms with E-state index in [1.54, 1.807) is 0 Å². The van der Waals surface area contributed by atoms with Crippen molar-refractivity contribution >= 4 is 26.8 Å². The molecule has 0 aliphatic carbocycles. The van der Waals surface area contributed by atoms with Crippen LogP contribution in [-0.2, 0) is 13.6 Å². The van der Waals surface area contributed by atoms with Crippen LogP contribution in [0.5, 0.6) is 0 Å². The summed E-state index contributed by atoms with van der Waals surface area (Å²) >= 11 is 3.44. The average Bonchev–Trinajstić information content (AvgIpc) is 2.44. The smallest absolute Gasteiger partial charge is 0.241 e. The number of hydrogen-bond donors (Lipinski definition) is 0. The first kappa shape index (κ1) is 9.29. The second-order valence-corrected chi connectivity index (χ2v) is 4.16. The van der Waals surface area contributed by atoms with Gasteiger partial charge in [0.1, 0.15) is 0 Å². The van der Waals surface area contributed by atoms with Gasteiger partial charge in [-0.2, -0.15) is 0 Å². The summed E-state index contributed by atoms with van der Waals surface area (Å²) < 4.78 is 3.12. The Morgan fingerprint density at radius 1 is 1.50 bits per heavy atom. The van der Waals surface area contributed by atoms with Crippen LogP contribution in [0.25, 0.3) is 15.7 Å². The average molecular weight is 249 g/mol. The van der Waals surface area contributed by atoms with Crippen molar-refractivity contribution in [2.24, 2.45) is 7.05 Å². The van der Waals surface area contributed by atoms with E-state index in [0.717, 1.165) is 15.4 Å². The third kappa shape index (κ3) is 1.42. The van der Waals surface area contributed by atoms with Gasteiger partial charge in [-0.05, 0) is 18.2 Å². The highest BCUT2D eigenvalue weighted by Gasteiger charge is 2.08. The Morgan fingerprint density at radius 3 is 3.00 bits per heavy atom. The van der Waals surface area contributed by atoms with Crippen molar-refractivity contribution in [2.45, 2.75) is 6.54 Å². The van der Waals surface area contributed by atoms with Crippen molar-refractivity contribution < 1.29 is 0 Å². The van der Waals surface area contributed by atoms with E-state index in [2.05, 4.69) is 37.5 Å². The molecular formula is C11H9BrN2. The van der Waals surface area contributed by atoms with Crippen molar-refractivity contribution in [3.8, 4) is 0 Å². The van der Waals surface area contributed by atoms with Gasteiger partial charge in [-0.15, -0.1) is 0 Å². The number of benzene rings is 1. The predicted molar refractivity (Wildman–Crippen MR) is 60.9 cm³/mol. The minimum absolute atomic E-state index is 0.452. The molecule has 2 nitrogen and oxygen atoms in total. The van der Waals surface area contributed by atoms with Gasteiger partial charge >= 0.3 is 0 Å². The maximum Gasteiger partial charge on any atom is 0.241 e. The van der Waals surface area contributed by atoms with Gasteiger partial charge in [-0.3, -0.25) is 0 Å². The molecule has 0 aliphatic rings. The molecule has 0 amide bonds. The molecule has 0 radical (unpaired) electrons. The standard InChI is InChI=1S/C11H9BrN2/c1-13-6-8-7-14(2)11-4-3-9(12)5-10(8)11/h3-5,7H,6H2,2H3. The third-order valence-corrected chi connectivity index (χ3v) is 2.78. The normalized spacial score (nSPS) is 10.4. The van der Waals surface area contributed by atoms with Crippen LogP contribution >= 0.6 is 15.9 Å². The van der Waals surface area contributed by atoms with Gasteiger partial charge in [0.25, 0.3) is 0 Å². The van der Waals surface area contributed by atoms with Crippen LogP contribution in [-0.4, -0.2) is 4.57 Å². The fourth-order valence-corrected chi connectivity index (χ4v) is 2.02. The molecule has 0 aliphatic heterocycles. The topological polar surface area (TPSA) is 9.29 Å². The summed E-state index contributed by atoms with van der Waals surface area (Å²) in [7, 11) is 2.00. The fraction of sp³-hybridized carbons (Fsp3) is 0.182. The maximum absolute atomic E-state index is 6.88. The van der Waals surface area contributed by atoms with Crippen LogP contribution in [0.4, 0.5) is 0 Å². The minimum Gasteiger partial charge on any atom is -0.350 e. The number of fused-ring (bicyclic) bond motifs is 1. The maximum atomic E-state index is 6.88. The number of aromatic nitrogens is 1. The molecule has 14 heavy (non-hydrogen) atoms. The van der Waals surface area contributed by atoms with E-state index in [9.17, 15) is 0 Å². The molecule has 1 aromatic carbocycles. The summed E-state index contributed by atoms with van der Waals surface area (Å²) in [6.45, 7) is 7.33. The summed E-state index contributed by atoms with van der Waals surface area (Å²) in [6.07, 6.45) is 2.02. The van der Waals surface area contributed by atoms with Crippen LogP contribution in [0.3, 0.4) is 0 Å². The Bertz CT molecular complexity index is 520. The van der Waals surface area contributed by atoms with E-state index in [1.165, 1.54) is 5.52 Å². The number of nitrogens with zero attached hydrogens (tertiary/aromatic N) is 2. The minimum atomic E-state index is 0.452. The van der Waals surface area contributed by atoms with Gasteiger partial charge < -0.3 is 9.41 Å². The molecule has 0 saturated carbocycles. The van der Waals surface area contributed by atoms with Gasteiger partial charge in [-0.1, -0.05) is 15.9 Å². The van der Waals surface area contributed by atoms with E-state index in [1.807, 2.05) is 19.3 Å². The van der Waals surface area contributed by atoms with Gasteiger partial charge in [0.05, 0.1) is 5.56 Å². The van der Waals surface area contributed by atoms with E-state index in [-0.39, 0.29) is 0 Å². The number of halogens is 1. The van der Waals surface area contributed by atoms with Crippen LogP contribution in [0.15, 0.2) is 28.9 Å². The quantitative estimate of drug-likeness (QED) is 0.685. The predicted octanol–water partition coefficient (Wildman–Crippen LogP) is 3.36. The van der Waals surface area contributed by atoms with Gasteiger partial charge in [0.15, 0.2) is 0 Å². The Kier molecular flexibility index (Phi) is 2.30. The molecule has 0 bridgehead atoms. The summed E-state index contributed by atoms with van der Waals surface area (Å²) in [5, 5.41) is 1.16. The highest BCUT2D eigenvalue weighted by Crippen LogP contribution is 2.24. The van der Waals surface area contributed by atoms with Crippen molar-refractivity contribution in [2.75, 3.05) is 0 Å². The molecule has 70 valence electrons. The first-order chi connectivity index (χ1) is 6.72. The Morgan fingerprint density at radius 2 is 2.29 bits per heavy atom. The van der Waals surface area contributed by atoms with Crippen molar-refractivity contribution in [3.63, 3.8) is 0 Å². The van der Waals surface area contributed by atoms with Crippen LogP contribution < -0.4 is 0 Å². The number of rotatable bonds is 1. The molecule has 1 heterocycles. The Hall–Kier alpha value is -1.27. The van der Waals surface area contributed by atoms with Crippen LogP contribution in [0, 0.1) is 6.57 Å². The second-order valence-electron chi connectivity index (χ2n) is 3.24. The summed E-state index contributed by atoms with van der Waals surface area (Å²) in [5.41, 5.74) is 2.27. The summed E-state index contributed by atoms with van der Waals surface area (Å²) in [6, 6.07) is 6.15. The SMILES string of the molecule is [C-]#[N+]Cc1cn(C)c2ccc(Br)cc12. The highest BCUT2D eigenvalue weighted by molar-refractivity contribution is 9.10. The van der Waals surface area contributed by atoms with E-state index in [0.29, 0.717) is 6.54 Å². The number of hydrogen-bond acceptors (Lipinski definition) is 0. The molecule has 0 spiro atoms. The lowest BCUT2D eigenvalue weighted by Gasteiger charge is -1.95. The Balaban J connectivity index is 2.74. The van der Waals surface area contributed by atoms with Crippen molar-refractivity contribution in [3.05, 3.63) is 45.8 Å². The second kappa shape index (κ2) is 3.47. The lowest BCUT2D eigenvalue weighted by molar-refractivity contribution is 0.959. The largest absolute Gasteiger partial charge is 0.350 e. The zero-order valence-corrected chi connectivity index (χ0v) is 9.37. The molecule has 0 saturated heterocycles. The molecule has 3 heteroatoms. The molecule has 2 aromatic rings. The lowest BCUT2D eigenvalue weighted by atomic mass is 10.2. The number of aryl methyl sites for hydroxylation is 1. The molecule has 1 aromatic heterocycles. The Labute approximate surface area is 91.1 Å². The zero-order valence-electron chi connectivity index (χ0n) is 7.79. The molecule has 0 atom stereocenters. The zero-order chi connectivity index (χ0) is 10.1. The van der Waals surface area contributed by atoms with Crippen molar-refractivity contribution in [1.82, 2.24) is 4.57 Å². The third-order valence-electron chi connectivity index (χ3n) is 2.28. The van der Waals surface area contributed by atoms with Crippen LogP contribution in [0.2, 0.25) is 0 Å². The molecular weight excluding hydrogens is 240 g/mol. The van der Waals surface area contributed by atoms with E-state index in [4.69, 9.17) is 6.57 Å². The molecule has 2 rings (SSSR count). The first-order valence-electron chi connectivity index (χ1n) is 4.29. The highest BCUT2D eigenvalue weighted by atomic mass is 79.9. The van der Waals surface area contributed by atoms with E-state index >= 15 is 0 Å².